The third-order valence-corrected chi connectivity index (χ3v) is 6.73. The predicted octanol–water partition coefficient (Wildman–Crippen LogP) is 4.22. The summed E-state index contributed by atoms with van der Waals surface area (Å²) in [4.78, 5) is 17.3. The summed E-state index contributed by atoms with van der Waals surface area (Å²) in [7, 11) is 1.75. The normalized spacial score (nSPS) is 22.6. The number of amides is 2. The molecule has 0 spiro atoms. The van der Waals surface area contributed by atoms with E-state index in [2.05, 4.69) is 34.2 Å². The van der Waals surface area contributed by atoms with Crippen LogP contribution in [-0.2, 0) is 4.74 Å². The molecule has 0 saturated carbocycles. The van der Waals surface area contributed by atoms with Crippen LogP contribution in [0.3, 0.4) is 0 Å². The molecular formula is C28H34FN3O2. The predicted molar refractivity (Wildman–Crippen MR) is 132 cm³/mol. The number of methoxy groups -OCH3 is 1. The van der Waals surface area contributed by atoms with Crippen LogP contribution in [0.5, 0.6) is 0 Å². The van der Waals surface area contributed by atoms with Crippen LogP contribution >= 0.6 is 0 Å². The molecular weight excluding hydrogens is 429 g/mol. The van der Waals surface area contributed by atoms with E-state index in [4.69, 9.17) is 4.74 Å². The second-order valence-corrected chi connectivity index (χ2v) is 9.46. The average molecular weight is 464 g/mol. The van der Waals surface area contributed by atoms with Gasteiger partial charge in [0.05, 0.1) is 12.2 Å². The van der Waals surface area contributed by atoms with Crippen molar-refractivity contribution in [3.63, 3.8) is 0 Å². The maximum Gasteiger partial charge on any atom is 0.317 e. The van der Waals surface area contributed by atoms with Crippen LogP contribution in [0.2, 0.25) is 0 Å². The molecule has 180 valence electrons. The van der Waals surface area contributed by atoms with Gasteiger partial charge in [0.2, 0.25) is 0 Å². The Morgan fingerprint density at radius 3 is 2.56 bits per heavy atom. The van der Waals surface area contributed by atoms with Gasteiger partial charge < -0.3 is 15.0 Å². The Balaban J connectivity index is 1.53. The van der Waals surface area contributed by atoms with E-state index in [1.54, 1.807) is 25.3 Å². The minimum absolute atomic E-state index is 0.0181. The van der Waals surface area contributed by atoms with Gasteiger partial charge in [0, 0.05) is 49.8 Å². The third kappa shape index (κ3) is 5.43. The van der Waals surface area contributed by atoms with E-state index in [0.717, 1.165) is 31.5 Å². The summed E-state index contributed by atoms with van der Waals surface area (Å²) in [6, 6.07) is 15.5. The molecule has 0 aromatic heterocycles. The highest BCUT2D eigenvalue weighted by Crippen LogP contribution is 2.42. The fraction of sp³-hybridized carbons (Fsp3) is 0.464. The van der Waals surface area contributed by atoms with Crippen LogP contribution in [0.25, 0.3) is 0 Å². The number of rotatable bonds is 4. The fourth-order valence-corrected chi connectivity index (χ4v) is 5.11. The SMILES string of the molecule is COC[C@H]1[C@H](c2ccc(C#Cc3ccccc3F)cc2)[C@@H]2CN(C(=O)NC(C)C)CCCCN12. The van der Waals surface area contributed by atoms with Crippen molar-refractivity contribution in [2.45, 2.75) is 50.7 Å². The van der Waals surface area contributed by atoms with E-state index >= 15 is 0 Å². The van der Waals surface area contributed by atoms with Crippen LogP contribution in [0.4, 0.5) is 9.18 Å². The summed E-state index contributed by atoms with van der Waals surface area (Å²) >= 11 is 0. The van der Waals surface area contributed by atoms with Crippen molar-refractivity contribution in [1.29, 1.82) is 0 Å². The Morgan fingerprint density at radius 2 is 1.85 bits per heavy atom. The monoisotopic (exact) mass is 463 g/mol. The summed E-state index contributed by atoms with van der Waals surface area (Å²) in [5, 5.41) is 3.05. The van der Waals surface area contributed by atoms with Gasteiger partial charge in [-0.3, -0.25) is 4.90 Å². The van der Waals surface area contributed by atoms with Gasteiger partial charge in [-0.1, -0.05) is 36.1 Å². The van der Waals surface area contributed by atoms with Crippen molar-refractivity contribution < 1.29 is 13.9 Å². The molecule has 1 N–H and O–H groups in total. The van der Waals surface area contributed by atoms with E-state index < -0.39 is 0 Å². The van der Waals surface area contributed by atoms with Crippen LogP contribution in [-0.4, -0.2) is 67.3 Å². The first-order valence-electron chi connectivity index (χ1n) is 12.1. The van der Waals surface area contributed by atoms with Crippen LogP contribution < -0.4 is 5.32 Å². The number of urea groups is 1. The Morgan fingerprint density at radius 1 is 1.12 bits per heavy atom. The lowest BCUT2D eigenvalue weighted by Crippen LogP contribution is -2.68. The fourth-order valence-electron chi connectivity index (χ4n) is 5.11. The molecule has 2 saturated heterocycles. The van der Waals surface area contributed by atoms with Gasteiger partial charge in [-0.25, -0.2) is 9.18 Å². The zero-order chi connectivity index (χ0) is 24.1. The average Bonchev–Trinajstić information content (AvgIpc) is 2.80. The van der Waals surface area contributed by atoms with Crippen molar-refractivity contribution in [2.75, 3.05) is 33.4 Å². The molecule has 3 atom stereocenters. The Kier molecular flexibility index (Phi) is 7.87. The van der Waals surface area contributed by atoms with E-state index in [0.29, 0.717) is 24.8 Å². The van der Waals surface area contributed by atoms with E-state index in [-0.39, 0.29) is 29.8 Å². The Hall–Kier alpha value is -2.88. The maximum atomic E-state index is 13.9. The molecule has 2 fully saturated rings. The molecule has 2 aromatic rings. The first-order chi connectivity index (χ1) is 16.5. The number of ether oxygens (including phenoxy) is 1. The number of hydrogen-bond acceptors (Lipinski definition) is 3. The highest BCUT2D eigenvalue weighted by Gasteiger charge is 2.49. The number of fused-ring (bicyclic) bond motifs is 1. The molecule has 2 heterocycles. The molecule has 0 unspecified atom stereocenters. The highest BCUT2D eigenvalue weighted by molar-refractivity contribution is 5.74. The molecule has 0 bridgehead atoms. The molecule has 2 amide bonds. The zero-order valence-electron chi connectivity index (χ0n) is 20.3. The topological polar surface area (TPSA) is 44.8 Å². The molecule has 0 aliphatic carbocycles. The van der Waals surface area contributed by atoms with Gasteiger partial charge in [0.15, 0.2) is 0 Å². The second kappa shape index (κ2) is 11.0. The number of nitrogens with zero attached hydrogens (tertiary/aromatic N) is 2. The molecule has 2 aromatic carbocycles. The first-order valence-corrected chi connectivity index (χ1v) is 12.1. The van der Waals surface area contributed by atoms with Gasteiger partial charge in [0.25, 0.3) is 0 Å². The quantitative estimate of drug-likeness (QED) is 0.691. The molecule has 4 rings (SSSR count). The summed E-state index contributed by atoms with van der Waals surface area (Å²) in [5.41, 5.74) is 2.47. The van der Waals surface area contributed by atoms with Crippen molar-refractivity contribution in [1.82, 2.24) is 15.1 Å². The second-order valence-electron chi connectivity index (χ2n) is 9.46. The number of benzene rings is 2. The minimum atomic E-state index is -0.307. The lowest BCUT2D eigenvalue weighted by Gasteiger charge is -2.57. The van der Waals surface area contributed by atoms with Gasteiger partial charge in [-0.2, -0.15) is 0 Å². The van der Waals surface area contributed by atoms with Crippen LogP contribution in [0, 0.1) is 17.7 Å². The Labute approximate surface area is 202 Å². The van der Waals surface area contributed by atoms with Crippen molar-refractivity contribution in [2.24, 2.45) is 0 Å². The lowest BCUT2D eigenvalue weighted by atomic mass is 9.74. The summed E-state index contributed by atoms with van der Waals surface area (Å²) in [5.74, 6) is 5.97. The number of halogens is 1. The third-order valence-electron chi connectivity index (χ3n) is 6.73. The zero-order valence-corrected chi connectivity index (χ0v) is 20.3. The maximum absolute atomic E-state index is 13.9. The molecule has 34 heavy (non-hydrogen) atoms. The van der Waals surface area contributed by atoms with E-state index in [1.165, 1.54) is 11.6 Å². The molecule has 2 aliphatic heterocycles. The summed E-state index contributed by atoms with van der Waals surface area (Å²) < 4.78 is 19.4. The molecule has 0 radical (unpaired) electrons. The number of carbonyl (C=O) groups excluding carboxylic acids is 1. The van der Waals surface area contributed by atoms with Crippen LogP contribution in [0.15, 0.2) is 48.5 Å². The minimum Gasteiger partial charge on any atom is -0.383 e. The molecule has 2 aliphatic rings. The van der Waals surface area contributed by atoms with E-state index in [1.807, 2.05) is 30.9 Å². The lowest BCUT2D eigenvalue weighted by molar-refractivity contribution is -0.0668. The molecule has 6 heteroatoms. The smallest absolute Gasteiger partial charge is 0.317 e. The number of hydrogen-bond donors (Lipinski definition) is 1. The van der Waals surface area contributed by atoms with Gasteiger partial charge in [-0.15, -0.1) is 0 Å². The first kappa shape index (κ1) is 24.3. The number of nitrogens with one attached hydrogen (secondary N) is 1. The summed E-state index contributed by atoms with van der Waals surface area (Å²) in [6.07, 6.45) is 2.08. The Bertz CT molecular complexity index is 1040. The van der Waals surface area contributed by atoms with Gasteiger partial charge in [-0.05, 0) is 63.1 Å². The van der Waals surface area contributed by atoms with Crippen LogP contribution in [0.1, 0.15) is 49.3 Å². The largest absolute Gasteiger partial charge is 0.383 e. The summed E-state index contributed by atoms with van der Waals surface area (Å²) in [6.45, 7) is 7.17. The van der Waals surface area contributed by atoms with Crippen molar-refractivity contribution in [3.05, 3.63) is 71.0 Å². The van der Waals surface area contributed by atoms with Crippen molar-refractivity contribution in [3.8, 4) is 11.8 Å². The molecule has 5 nitrogen and oxygen atoms in total. The van der Waals surface area contributed by atoms with Gasteiger partial charge in [0.1, 0.15) is 5.82 Å². The highest BCUT2D eigenvalue weighted by atomic mass is 19.1. The standard InChI is InChI=1S/C28H34FN3O2/c1-20(2)30-28(33)31-16-6-7-17-32-25(18-31)27(26(32)19-34-3)23-14-11-21(12-15-23)10-13-22-8-4-5-9-24(22)29/h4-5,8-9,11-12,14-15,20,25-27H,6-7,16-19H2,1-3H3,(H,30,33)/t25-,26-,27+/m0/s1. The van der Waals surface area contributed by atoms with Gasteiger partial charge >= 0.3 is 6.03 Å². The number of carbonyl (C=O) groups is 1. The van der Waals surface area contributed by atoms with E-state index in [9.17, 15) is 9.18 Å². The van der Waals surface area contributed by atoms with Crippen molar-refractivity contribution >= 4 is 6.03 Å².